The zero-order valence-corrected chi connectivity index (χ0v) is 24.6. The summed E-state index contributed by atoms with van der Waals surface area (Å²) in [7, 11) is 0.617. The van der Waals surface area contributed by atoms with E-state index < -0.39 is 28.6 Å². The number of hydrogen-bond donors (Lipinski definition) is 0. The average Bonchev–Trinajstić information content (AvgIpc) is 3.59. The molecule has 1 fully saturated rings. The van der Waals surface area contributed by atoms with Gasteiger partial charge in [0.05, 0.1) is 32.3 Å². The second-order valence-corrected chi connectivity index (χ2v) is 13.0. The van der Waals surface area contributed by atoms with Crippen LogP contribution in [-0.4, -0.2) is 42.0 Å². The molecular formula is C33H33F3O6S. The first kappa shape index (κ1) is 29.5. The number of halogens is 3. The van der Waals surface area contributed by atoms with Crippen molar-refractivity contribution in [2.45, 2.75) is 50.3 Å². The average molecular weight is 615 g/mol. The molecule has 0 spiro atoms. The van der Waals surface area contributed by atoms with Gasteiger partial charge in [0.1, 0.15) is 23.4 Å². The first-order valence-electron chi connectivity index (χ1n) is 14.5. The maximum atomic E-state index is 14.2. The van der Waals surface area contributed by atoms with Gasteiger partial charge in [-0.15, -0.1) is 0 Å². The highest BCUT2D eigenvalue weighted by atomic mass is 32.2. The number of benzene rings is 3. The molecule has 2 atom stereocenters. The Morgan fingerprint density at radius 2 is 1.70 bits per heavy atom. The number of carbonyl (C=O) groups is 1. The zero-order chi connectivity index (χ0) is 30.1. The van der Waals surface area contributed by atoms with Gasteiger partial charge in [-0.05, 0) is 78.1 Å². The Kier molecular flexibility index (Phi) is 8.40. The lowest BCUT2D eigenvalue weighted by molar-refractivity contribution is -0.141. The van der Waals surface area contributed by atoms with Gasteiger partial charge in [-0.25, -0.2) is 0 Å². The SMILES string of the molecule is COC(=O)C[C@@H]1COc2cc(O[C@@H]3CCc4c3ccc(C(F)(F)F)c4-c3ccc(OCC4CCS(=O)CC4)cc3)ccc21. The van der Waals surface area contributed by atoms with E-state index in [4.69, 9.17) is 18.9 Å². The van der Waals surface area contributed by atoms with Gasteiger partial charge in [0.2, 0.25) is 0 Å². The Balaban J connectivity index is 1.21. The predicted octanol–water partition coefficient (Wildman–Crippen LogP) is 7.02. The van der Waals surface area contributed by atoms with E-state index in [2.05, 4.69) is 0 Å². The molecule has 43 heavy (non-hydrogen) atoms. The molecule has 228 valence electrons. The third-order valence-electron chi connectivity index (χ3n) is 8.58. The standard InChI is InChI=1S/C33H33F3O6S/c1-39-31(37)16-22-19-41-30-17-24(6-7-25(22)30)42-29-11-9-27-26(29)8-10-28(33(34,35)36)32(27)21-2-4-23(5-3-21)40-18-20-12-14-43(38)15-13-20/h2-8,10,17,20,22,29H,9,11-16,18-19H2,1H3/t20?,22-,29-,43?/m1/s1. The van der Waals surface area contributed by atoms with Crippen LogP contribution in [0.2, 0.25) is 0 Å². The molecule has 0 amide bonds. The minimum Gasteiger partial charge on any atom is -0.493 e. The van der Waals surface area contributed by atoms with Crippen LogP contribution >= 0.6 is 0 Å². The van der Waals surface area contributed by atoms with E-state index >= 15 is 0 Å². The molecule has 3 aromatic carbocycles. The van der Waals surface area contributed by atoms with Crippen molar-refractivity contribution in [3.05, 3.63) is 76.9 Å². The molecule has 3 aliphatic rings. The van der Waals surface area contributed by atoms with Gasteiger partial charge in [-0.2, -0.15) is 13.2 Å². The molecule has 10 heteroatoms. The van der Waals surface area contributed by atoms with E-state index in [9.17, 15) is 22.2 Å². The Morgan fingerprint density at radius 1 is 0.977 bits per heavy atom. The number of fused-ring (bicyclic) bond motifs is 2. The van der Waals surface area contributed by atoms with Crippen LogP contribution in [0.25, 0.3) is 11.1 Å². The number of carbonyl (C=O) groups excluding carboxylic acids is 1. The lowest BCUT2D eigenvalue weighted by Gasteiger charge is -2.22. The lowest BCUT2D eigenvalue weighted by atomic mass is 9.91. The number of ether oxygens (including phenoxy) is 4. The summed E-state index contributed by atoms with van der Waals surface area (Å²) in [5.74, 6) is 3.11. The van der Waals surface area contributed by atoms with E-state index in [1.54, 1.807) is 30.3 Å². The van der Waals surface area contributed by atoms with E-state index in [-0.39, 0.29) is 23.9 Å². The van der Waals surface area contributed by atoms with Gasteiger partial charge in [-0.1, -0.05) is 24.3 Å². The van der Waals surface area contributed by atoms with Crippen molar-refractivity contribution in [2.24, 2.45) is 5.92 Å². The molecule has 3 aromatic rings. The topological polar surface area (TPSA) is 71.1 Å². The zero-order valence-electron chi connectivity index (χ0n) is 23.8. The number of hydrogen-bond acceptors (Lipinski definition) is 6. The summed E-state index contributed by atoms with van der Waals surface area (Å²) in [6.45, 7) is 0.875. The molecule has 0 bridgehead atoms. The van der Waals surface area contributed by atoms with E-state index in [0.29, 0.717) is 71.9 Å². The van der Waals surface area contributed by atoms with Crippen LogP contribution in [0.3, 0.4) is 0 Å². The van der Waals surface area contributed by atoms with Crippen LogP contribution in [0.4, 0.5) is 13.2 Å². The summed E-state index contributed by atoms with van der Waals surface area (Å²) in [4.78, 5) is 11.7. The Hall–Kier alpha value is -3.53. The second-order valence-electron chi connectivity index (χ2n) is 11.3. The fourth-order valence-electron chi connectivity index (χ4n) is 6.24. The smallest absolute Gasteiger partial charge is 0.417 e. The van der Waals surface area contributed by atoms with Gasteiger partial charge >= 0.3 is 12.1 Å². The van der Waals surface area contributed by atoms with Crippen molar-refractivity contribution >= 4 is 16.8 Å². The van der Waals surface area contributed by atoms with Gasteiger partial charge < -0.3 is 18.9 Å². The monoisotopic (exact) mass is 614 g/mol. The fraction of sp³-hybridized carbons (Fsp3) is 0.424. The second kappa shape index (κ2) is 12.2. The Bertz CT molecular complexity index is 1510. The molecule has 2 heterocycles. The lowest BCUT2D eigenvalue weighted by Crippen LogP contribution is -2.23. The molecule has 1 aliphatic carbocycles. The van der Waals surface area contributed by atoms with Crippen LogP contribution in [0.5, 0.6) is 17.2 Å². The predicted molar refractivity (Wildman–Crippen MR) is 156 cm³/mol. The number of rotatable bonds is 8. The van der Waals surface area contributed by atoms with Crippen LogP contribution in [0.1, 0.15) is 60.0 Å². The van der Waals surface area contributed by atoms with Crippen LogP contribution in [-0.2, 0) is 32.9 Å². The van der Waals surface area contributed by atoms with Crippen molar-refractivity contribution in [1.82, 2.24) is 0 Å². The largest absolute Gasteiger partial charge is 0.493 e. The van der Waals surface area contributed by atoms with Crippen molar-refractivity contribution in [3.8, 4) is 28.4 Å². The van der Waals surface area contributed by atoms with Gasteiger partial charge in [0.25, 0.3) is 0 Å². The summed E-state index contributed by atoms with van der Waals surface area (Å²) >= 11 is 0. The van der Waals surface area contributed by atoms with Gasteiger partial charge in [0, 0.05) is 39.9 Å². The summed E-state index contributed by atoms with van der Waals surface area (Å²) in [5, 5.41) is 0. The summed E-state index contributed by atoms with van der Waals surface area (Å²) < 4.78 is 77.1. The summed E-state index contributed by atoms with van der Waals surface area (Å²) in [6, 6.07) is 15.0. The van der Waals surface area contributed by atoms with E-state index in [0.717, 1.165) is 30.0 Å². The number of methoxy groups -OCH3 is 1. The van der Waals surface area contributed by atoms with E-state index in [1.807, 2.05) is 12.1 Å². The van der Waals surface area contributed by atoms with Crippen molar-refractivity contribution in [1.29, 1.82) is 0 Å². The molecule has 0 N–H and O–H groups in total. The van der Waals surface area contributed by atoms with E-state index in [1.165, 1.54) is 13.2 Å². The normalized spacial score (nSPS) is 22.8. The molecule has 0 radical (unpaired) electrons. The maximum absolute atomic E-state index is 14.2. The Labute approximate surface area is 250 Å². The number of esters is 1. The van der Waals surface area contributed by atoms with Crippen molar-refractivity contribution < 1.29 is 41.1 Å². The van der Waals surface area contributed by atoms with Crippen LogP contribution in [0, 0.1) is 5.92 Å². The molecule has 1 saturated heterocycles. The third kappa shape index (κ3) is 6.39. The highest BCUT2D eigenvalue weighted by Gasteiger charge is 2.38. The minimum absolute atomic E-state index is 0.0945. The Morgan fingerprint density at radius 3 is 2.42 bits per heavy atom. The molecular weight excluding hydrogens is 581 g/mol. The van der Waals surface area contributed by atoms with Gasteiger partial charge in [0.15, 0.2) is 0 Å². The summed E-state index contributed by atoms with van der Waals surface area (Å²) in [5.41, 5.74) is 2.28. The molecule has 0 unspecified atom stereocenters. The maximum Gasteiger partial charge on any atom is 0.417 e. The molecule has 0 aromatic heterocycles. The highest BCUT2D eigenvalue weighted by Crippen LogP contribution is 2.47. The first-order chi connectivity index (χ1) is 20.7. The fourth-order valence-corrected chi connectivity index (χ4v) is 7.64. The first-order valence-corrected chi connectivity index (χ1v) is 16.0. The minimum atomic E-state index is -4.52. The van der Waals surface area contributed by atoms with Gasteiger partial charge in [-0.3, -0.25) is 9.00 Å². The quantitative estimate of drug-likeness (QED) is 0.254. The molecule has 6 rings (SSSR count). The van der Waals surface area contributed by atoms with Crippen molar-refractivity contribution in [2.75, 3.05) is 31.8 Å². The molecule has 0 saturated carbocycles. The number of alkyl halides is 3. The summed E-state index contributed by atoms with van der Waals surface area (Å²) in [6.07, 6.45) is -2.00. The third-order valence-corrected chi connectivity index (χ3v) is 9.96. The highest BCUT2D eigenvalue weighted by molar-refractivity contribution is 7.85. The van der Waals surface area contributed by atoms with Crippen LogP contribution in [0.15, 0.2) is 54.6 Å². The van der Waals surface area contributed by atoms with Crippen LogP contribution < -0.4 is 14.2 Å². The molecule has 2 aliphatic heterocycles. The molecule has 6 nitrogen and oxygen atoms in total. The van der Waals surface area contributed by atoms with Crippen molar-refractivity contribution in [3.63, 3.8) is 0 Å².